The number of ether oxygens (including phenoxy) is 1. The quantitative estimate of drug-likeness (QED) is 0.151. The van der Waals surface area contributed by atoms with Crippen molar-refractivity contribution in [3.63, 3.8) is 0 Å². The van der Waals surface area contributed by atoms with Crippen molar-refractivity contribution in [3.8, 4) is 0 Å². The lowest BCUT2D eigenvalue weighted by Gasteiger charge is -2.22. The smallest absolute Gasteiger partial charge is 0.449 e. The Labute approximate surface area is 265 Å². The Kier molecular flexibility index (Phi) is 13.4. The van der Waals surface area contributed by atoms with Crippen molar-refractivity contribution in [2.45, 2.75) is 111 Å². The molecule has 1 fully saturated rings. The highest BCUT2D eigenvalue weighted by molar-refractivity contribution is 7.47. The molecule has 1 saturated carbocycles. The number of ketones is 1. The van der Waals surface area contributed by atoms with E-state index in [0.29, 0.717) is 44.1 Å². The molecule has 5 unspecified atom stereocenters. The Morgan fingerprint density at radius 1 is 0.911 bits per heavy atom. The molecule has 0 saturated heterocycles. The fourth-order valence-electron chi connectivity index (χ4n) is 5.46. The summed E-state index contributed by atoms with van der Waals surface area (Å²) in [7, 11) is -8.29. The van der Waals surface area contributed by atoms with Gasteiger partial charge in [0.15, 0.2) is 5.78 Å². The summed E-state index contributed by atoms with van der Waals surface area (Å²) in [6.07, 6.45) is 4.30. The molecule has 0 radical (unpaired) electrons. The summed E-state index contributed by atoms with van der Waals surface area (Å²) < 4.78 is 50.9. The maximum Gasteiger partial charge on any atom is 0.472 e. The zero-order chi connectivity index (χ0) is 33.5. The third-order valence-electron chi connectivity index (χ3n) is 7.32. The number of phosphoric ester groups is 2. The van der Waals surface area contributed by atoms with E-state index in [-0.39, 0.29) is 38.0 Å². The first-order chi connectivity index (χ1) is 20.8. The second kappa shape index (κ2) is 15.9. The number of fused-ring (bicyclic) bond motifs is 2. The summed E-state index contributed by atoms with van der Waals surface area (Å²) in [6.45, 7) is 10.6. The molecule has 258 valence electrons. The maximum atomic E-state index is 12.6. The van der Waals surface area contributed by atoms with Gasteiger partial charge in [0.25, 0.3) is 0 Å². The SMILES string of the molecule is CC(C)(C)OP(=O)(O)OCCCCC(=O)Cn1nnc2c1CCC1C(CC2)C1COC(=O)NCCCOP(=O)(O)OC(C)(C)C. The normalized spacial score (nSPS) is 22.6. The standard InChI is InChI=1S/C28H50N4O11P2/c1-27(2,3)42-44(35,36)40-16-8-7-10-20(33)18-32-25-14-12-22-21(11-13-24(25)30-31-32)23(22)19-39-26(34)29-15-9-17-41-45(37,38)43-28(4,5)6/h21-23H,7-19H2,1-6H3,(H,29,34)(H,35,36)(H,37,38). The minimum atomic E-state index is -4.16. The molecule has 3 N–H and O–H groups in total. The second-order valence-corrected chi connectivity index (χ2v) is 16.4. The van der Waals surface area contributed by atoms with E-state index in [4.69, 9.17) is 22.8 Å². The van der Waals surface area contributed by atoms with Crippen molar-refractivity contribution in [1.29, 1.82) is 0 Å². The Morgan fingerprint density at radius 2 is 1.49 bits per heavy atom. The third-order valence-corrected chi connectivity index (χ3v) is 9.89. The number of aryl methyl sites for hydroxylation is 1. The van der Waals surface area contributed by atoms with E-state index in [2.05, 4.69) is 15.6 Å². The molecule has 0 aromatic carbocycles. The number of nitrogens with one attached hydrogen (secondary N) is 1. The Hall–Kier alpha value is -1.70. The molecule has 3 rings (SSSR count). The predicted molar refractivity (Wildman–Crippen MR) is 163 cm³/mol. The Morgan fingerprint density at radius 3 is 2.09 bits per heavy atom. The van der Waals surface area contributed by atoms with Crippen LogP contribution in [0.25, 0.3) is 0 Å². The van der Waals surface area contributed by atoms with E-state index in [1.54, 1.807) is 46.2 Å². The predicted octanol–water partition coefficient (Wildman–Crippen LogP) is 4.74. The highest BCUT2D eigenvalue weighted by atomic mass is 31.2. The van der Waals surface area contributed by atoms with Gasteiger partial charge in [0.2, 0.25) is 0 Å². The number of hydrogen-bond acceptors (Lipinski definition) is 11. The number of aromatic nitrogens is 3. The molecule has 1 heterocycles. The molecule has 0 spiro atoms. The van der Waals surface area contributed by atoms with Gasteiger partial charge in [-0.25, -0.2) is 18.6 Å². The second-order valence-electron chi connectivity index (χ2n) is 13.6. The van der Waals surface area contributed by atoms with Crippen molar-refractivity contribution in [1.82, 2.24) is 20.3 Å². The monoisotopic (exact) mass is 680 g/mol. The minimum absolute atomic E-state index is 0.000328. The van der Waals surface area contributed by atoms with Crippen LogP contribution in [0.15, 0.2) is 0 Å². The van der Waals surface area contributed by atoms with Gasteiger partial charge in [-0.2, -0.15) is 0 Å². The summed E-state index contributed by atoms with van der Waals surface area (Å²) >= 11 is 0. The summed E-state index contributed by atoms with van der Waals surface area (Å²) in [5, 5.41) is 11.2. The molecule has 0 aliphatic heterocycles. The van der Waals surface area contributed by atoms with E-state index in [0.717, 1.165) is 37.1 Å². The number of Topliss-reactive ketones (excluding diaryl/α,β-unsaturated/α-hetero) is 1. The van der Waals surface area contributed by atoms with Crippen LogP contribution >= 0.6 is 15.6 Å². The number of carbonyl (C=O) groups is 2. The van der Waals surface area contributed by atoms with Crippen LogP contribution < -0.4 is 5.32 Å². The lowest BCUT2D eigenvalue weighted by Crippen LogP contribution is -2.27. The van der Waals surface area contributed by atoms with Gasteiger partial charge in [-0.05, 0) is 104 Å². The van der Waals surface area contributed by atoms with Gasteiger partial charge in [-0.3, -0.25) is 22.9 Å². The average Bonchev–Trinajstić information content (AvgIpc) is 3.38. The number of carbonyl (C=O) groups excluding carboxylic acids is 2. The molecule has 2 aliphatic carbocycles. The van der Waals surface area contributed by atoms with Gasteiger partial charge in [-0.1, -0.05) is 5.21 Å². The van der Waals surface area contributed by atoms with Gasteiger partial charge in [0.05, 0.1) is 42.4 Å². The summed E-state index contributed by atoms with van der Waals surface area (Å²) in [4.78, 5) is 44.2. The first-order valence-electron chi connectivity index (χ1n) is 15.5. The number of rotatable bonds is 17. The highest BCUT2D eigenvalue weighted by Crippen LogP contribution is 2.53. The van der Waals surface area contributed by atoms with E-state index < -0.39 is 32.9 Å². The number of amides is 1. The Bertz CT molecular complexity index is 1240. The van der Waals surface area contributed by atoms with Gasteiger partial charge >= 0.3 is 21.7 Å². The van der Waals surface area contributed by atoms with Crippen molar-refractivity contribution in [2.24, 2.45) is 17.8 Å². The van der Waals surface area contributed by atoms with Crippen molar-refractivity contribution >= 4 is 27.5 Å². The molecule has 0 bridgehead atoms. The fraction of sp³-hybridized carbons (Fsp3) is 0.857. The molecule has 5 atom stereocenters. The van der Waals surface area contributed by atoms with E-state index in [9.17, 15) is 28.5 Å². The Balaban J connectivity index is 1.32. The van der Waals surface area contributed by atoms with Gasteiger partial charge in [-0.15, -0.1) is 5.10 Å². The first kappa shape index (κ1) is 37.8. The molecule has 1 aromatic rings. The largest absolute Gasteiger partial charge is 0.472 e. The van der Waals surface area contributed by atoms with Crippen LogP contribution in [-0.2, 0) is 56.1 Å². The van der Waals surface area contributed by atoms with Crippen LogP contribution in [0, 0.1) is 17.8 Å². The number of alkyl carbamates (subject to hydrolysis) is 1. The number of nitrogens with zero attached hydrogens (tertiary/aromatic N) is 3. The van der Waals surface area contributed by atoms with Crippen LogP contribution in [0.4, 0.5) is 4.79 Å². The zero-order valence-corrected chi connectivity index (χ0v) is 29.0. The van der Waals surface area contributed by atoms with Crippen molar-refractivity contribution in [3.05, 3.63) is 11.4 Å². The highest BCUT2D eigenvalue weighted by Gasteiger charge is 2.50. The lowest BCUT2D eigenvalue weighted by molar-refractivity contribution is -0.120. The first-order valence-corrected chi connectivity index (χ1v) is 18.5. The summed E-state index contributed by atoms with van der Waals surface area (Å²) in [5.41, 5.74) is 0.247. The van der Waals surface area contributed by atoms with E-state index in [1.807, 2.05) is 0 Å². The van der Waals surface area contributed by atoms with Crippen molar-refractivity contribution in [2.75, 3.05) is 26.4 Å². The molecule has 15 nitrogen and oxygen atoms in total. The van der Waals surface area contributed by atoms with Crippen LogP contribution in [0.5, 0.6) is 0 Å². The van der Waals surface area contributed by atoms with Crippen LogP contribution in [0.3, 0.4) is 0 Å². The van der Waals surface area contributed by atoms with Crippen LogP contribution in [0.1, 0.15) is 91.5 Å². The van der Waals surface area contributed by atoms with Crippen molar-refractivity contribution < 1.29 is 51.3 Å². The lowest BCUT2D eigenvalue weighted by atomic mass is 10.0. The fourth-order valence-corrected chi connectivity index (χ4v) is 7.67. The molecule has 1 amide bonds. The topological polar surface area (TPSA) is 198 Å². The minimum Gasteiger partial charge on any atom is -0.449 e. The zero-order valence-electron chi connectivity index (χ0n) is 27.2. The van der Waals surface area contributed by atoms with Crippen LogP contribution in [-0.4, -0.2) is 74.2 Å². The molecule has 17 heteroatoms. The summed E-state index contributed by atoms with van der Waals surface area (Å²) in [5.74, 6) is 1.13. The third kappa shape index (κ3) is 13.9. The number of hydrogen-bond donors (Lipinski definition) is 3. The summed E-state index contributed by atoms with van der Waals surface area (Å²) in [6, 6.07) is 0. The maximum absolute atomic E-state index is 12.6. The molecular weight excluding hydrogens is 630 g/mol. The van der Waals surface area contributed by atoms with E-state index >= 15 is 0 Å². The van der Waals surface area contributed by atoms with Gasteiger partial charge < -0.3 is 19.8 Å². The van der Waals surface area contributed by atoms with Gasteiger partial charge in [0, 0.05) is 13.0 Å². The number of phosphoric acid groups is 2. The van der Waals surface area contributed by atoms with E-state index in [1.165, 1.54) is 0 Å². The molecule has 2 aliphatic rings. The number of unbranched alkanes of at least 4 members (excludes halogenated alkanes) is 1. The molecular formula is C28H50N4O11P2. The average molecular weight is 681 g/mol. The molecule has 45 heavy (non-hydrogen) atoms. The molecule has 1 aromatic heterocycles. The van der Waals surface area contributed by atoms with Crippen LogP contribution in [0.2, 0.25) is 0 Å². The van der Waals surface area contributed by atoms with Gasteiger partial charge in [0.1, 0.15) is 6.54 Å².